The van der Waals surface area contributed by atoms with Crippen LogP contribution in [0.5, 0.6) is 5.75 Å². The fraction of sp³-hybridized carbons (Fsp3) is 0.273. The minimum atomic E-state index is -1.46. The van der Waals surface area contributed by atoms with Crippen molar-refractivity contribution in [3.63, 3.8) is 0 Å². The van der Waals surface area contributed by atoms with Gasteiger partial charge in [-0.25, -0.2) is 13.6 Å². The molecule has 1 amide bonds. The van der Waals surface area contributed by atoms with Crippen LogP contribution in [0.2, 0.25) is 0 Å². The summed E-state index contributed by atoms with van der Waals surface area (Å²) in [6.45, 7) is 1.31. The largest absolute Gasteiger partial charge is 0.478 e. The fourth-order valence-electron chi connectivity index (χ4n) is 1.23. The zero-order valence-corrected chi connectivity index (χ0v) is 9.66. The second kappa shape index (κ2) is 5.44. The molecule has 0 aliphatic heterocycles. The molecule has 1 atom stereocenters. The number of ether oxygens (including phenoxy) is 1. The molecule has 0 saturated carbocycles. The van der Waals surface area contributed by atoms with Gasteiger partial charge < -0.3 is 15.2 Å². The Kier molecular flexibility index (Phi) is 4.19. The molecule has 5 nitrogen and oxygen atoms in total. The Hall–Kier alpha value is -2.18. The lowest BCUT2D eigenvalue weighted by Gasteiger charge is -2.14. The molecular formula is C11H11F2NO4. The highest BCUT2D eigenvalue weighted by atomic mass is 19.1. The molecule has 0 fully saturated rings. The van der Waals surface area contributed by atoms with Gasteiger partial charge in [-0.15, -0.1) is 0 Å². The van der Waals surface area contributed by atoms with Gasteiger partial charge in [-0.05, 0) is 19.1 Å². The first-order valence-electron chi connectivity index (χ1n) is 4.97. The molecule has 0 bridgehead atoms. The van der Waals surface area contributed by atoms with E-state index in [2.05, 4.69) is 5.32 Å². The number of carboxylic acids is 1. The van der Waals surface area contributed by atoms with Crippen LogP contribution in [0, 0.1) is 11.6 Å². The van der Waals surface area contributed by atoms with Crippen LogP contribution < -0.4 is 10.1 Å². The van der Waals surface area contributed by atoms with E-state index in [1.54, 1.807) is 0 Å². The minimum Gasteiger partial charge on any atom is -0.478 e. The molecule has 7 heteroatoms. The van der Waals surface area contributed by atoms with Crippen LogP contribution in [0.15, 0.2) is 12.1 Å². The predicted octanol–water partition coefficient (Wildman–Crippen LogP) is 1.18. The highest BCUT2D eigenvalue weighted by Crippen LogP contribution is 2.24. The van der Waals surface area contributed by atoms with Crippen LogP contribution in [-0.2, 0) is 4.79 Å². The molecule has 1 rings (SSSR count). The average molecular weight is 259 g/mol. The number of benzene rings is 1. The molecule has 18 heavy (non-hydrogen) atoms. The van der Waals surface area contributed by atoms with Crippen molar-refractivity contribution in [1.29, 1.82) is 0 Å². The number of rotatable bonds is 4. The SMILES string of the molecule is CNC(=O)C(C)Oc1c(F)cc(C(=O)O)cc1F. The van der Waals surface area contributed by atoms with Gasteiger partial charge in [0, 0.05) is 7.05 Å². The van der Waals surface area contributed by atoms with Crippen molar-refractivity contribution in [1.82, 2.24) is 5.32 Å². The first-order chi connectivity index (χ1) is 8.36. The normalized spacial score (nSPS) is 11.8. The lowest BCUT2D eigenvalue weighted by Crippen LogP contribution is -2.34. The zero-order valence-electron chi connectivity index (χ0n) is 9.66. The molecule has 0 saturated heterocycles. The van der Waals surface area contributed by atoms with Crippen LogP contribution in [0.25, 0.3) is 0 Å². The average Bonchev–Trinajstić information content (AvgIpc) is 2.31. The fourth-order valence-corrected chi connectivity index (χ4v) is 1.23. The number of amides is 1. The summed E-state index contributed by atoms with van der Waals surface area (Å²) in [5, 5.41) is 10.8. The predicted molar refractivity (Wildman–Crippen MR) is 57.5 cm³/mol. The number of hydrogen-bond acceptors (Lipinski definition) is 3. The molecule has 0 heterocycles. The monoisotopic (exact) mass is 259 g/mol. The van der Waals surface area contributed by atoms with E-state index in [0.29, 0.717) is 12.1 Å². The second-order valence-electron chi connectivity index (χ2n) is 3.45. The molecule has 98 valence electrons. The summed E-state index contributed by atoms with van der Waals surface area (Å²) in [5.41, 5.74) is -0.537. The highest BCUT2D eigenvalue weighted by molar-refractivity contribution is 5.87. The number of halogens is 2. The van der Waals surface area contributed by atoms with Crippen LogP contribution in [0.3, 0.4) is 0 Å². The molecule has 0 aliphatic carbocycles. The quantitative estimate of drug-likeness (QED) is 0.851. The van der Waals surface area contributed by atoms with Gasteiger partial charge >= 0.3 is 5.97 Å². The molecule has 1 aromatic rings. The number of nitrogens with one attached hydrogen (secondary N) is 1. The number of likely N-dealkylation sites (N-methyl/N-ethyl adjacent to an activating group) is 1. The maximum Gasteiger partial charge on any atom is 0.335 e. The van der Waals surface area contributed by atoms with Gasteiger partial charge in [-0.3, -0.25) is 4.79 Å². The smallest absolute Gasteiger partial charge is 0.335 e. The standard InChI is InChI=1S/C11H11F2NO4/c1-5(10(15)14-2)18-9-7(12)3-6(11(16)17)4-8(9)13/h3-5H,1-2H3,(H,14,15)(H,16,17). The highest BCUT2D eigenvalue weighted by Gasteiger charge is 2.20. The second-order valence-corrected chi connectivity index (χ2v) is 3.45. The molecular weight excluding hydrogens is 248 g/mol. The van der Waals surface area contributed by atoms with E-state index in [0.717, 1.165) is 0 Å². The molecule has 1 unspecified atom stereocenters. The van der Waals surface area contributed by atoms with Gasteiger partial charge in [-0.1, -0.05) is 0 Å². The van der Waals surface area contributed by atoms with E-state index in [9.17, 15) is 18.4 Å². The van der Waals surface area contributed by atoms with E-state index in [1.807, 2.05) is 0 Å². The number of carbonyl (C=O) groups excluding carboxylic acids is 1. The van der Waals surface area contributed by atoms with Gasteiger partial charge in [0.05, 0.1) is 5.56 Å². The third-order valence-electron chi connectivity index (χ3n) is 2.16. The van der Waals surface area contributed by atoms with Gasteiger partial charge in [0.25, 0.3) is 5.91 Å². The Morgan fingerprint density at radius 2 is 1.83 bits per heavy atom. The lowest BCUT2D eigenvalue weighted by atomic mass is 10.2. The Morgan fingerprint density at radius 1 is 1.33 bits per heavy atom. The van der Waals surface area contributed by atoms with Crippen molar-refractivity contribution in [2.45, 2.75) is 13.0 Å². The van der Waals surface area contributed by atoms with E-state index in [1.165, 1.54) is 14.0 Å². The first kappa shape index (κ1) is 13.9. The summed E-state index contributed by atoms with van der Waals surface area (Å²) in [4.78, 5) is 21.7. The van der Waals surface area contributed by atoms with Crippen molar-refractivity contribution in [3.8, 4) is 5.75 Å². The van der Waals surface area contributed by atoms with Crippen LogP contribution in [0.1, 0.15) is 17.3 Å². The van der Waals surface area contributed by atoms with Crippen molar-refractivity contribution in [2.75, 3.05) is 7.05 Å². The van der Waals surface area contributed by atoms with E-state index >= 15 is 0 Å². The molecule has 0 aromatic heterocycles. The van der Waals surface area contributed by atoms with Crippen molar-refractivity contribution in [3.05, 3.63) is 29.3 Å². The Bertz CT molecular complexity index is 467. The summed E-state index contributed by atoms with van der Waals surface area (Å²) in [6, 6.07) is 1.24. The number of aromatic carboxylic acids is 1. The summed E-state index contributed by atoms with van der Waals surface area (Å²) in [6.07, 6.45) is -1.10. The van der Waals surface area contributed by atoms with Gasteiger partial charge in [0.15, 0.2) is 23.5 Å². The van der Waals surface area contributed by atoms with Crippen LogP contribution in [0.4, 0.5) is 8.78 Å². The van der Waals surface area contributed by atoms with Gasteiger partial charge in [0.1, 0.15) is 0 Å². The van der Waals surface area contributed by atoms with Gasteiger partial charge in [0.2, 0.25) is 0 Å². The number of carbonyl (C=O) groups is 2. The van der Waals surface area contributed by atoms with E-state index in [4.69, 9.17) is 9.84 Å². The molecule has 2 N–H and O–H groups in total. The molecule has 0 spiro atoms. The first-order valence-corrected chi connectivity index (χ1v) is 4.97. The van der Waals surface area contributed by atoms with Crippen LogP contribution in [-0.4, -0.2) is 30.1 Å². The minimum absolute atomic E-state index is 0.537. The summed E-state index contributed by atoms with van der Waals surface area (Å²) >= 11 is 0. The zero-order chi connectivity index (χ0) is 13.9. The molecule has 0 aliphatic rings. The Balaban J connectivity index is 3.04. The summed E-state index contributed by atoms with van der Waals surface area (Å²) < 4.78 is 31.7. The summed E-state index contributed by atoms with van der Waals surface area (Å²) in [7, 11) is 1.35. The Labute approximate surface area is 101 Å². The van der Waals surface area contributed by atoms with E-state index in [-0.39, 0.29) is 0 Å². The van der Waals surface area contributed by atoms with Crippen molar-refractivity contribution >= 4 is 11.9 Å². The van der Waals surface area contributed by atoms with E-state index < -0.39 is 40.9 Å². The third kappa shape index (κ3) is 2.93. The third-order valence-corrected chi connectivity index (χ3v) is 2.16. The maximum atomic E-state index is 13.4. The topological polar surface area (TPSA) is 75.6 Å². The summed E-state index contributed by atoms with van der Waals surface area (Å²) in [5.74, 6) is -5.16. The van der Waals surface area contributed by atoms with Gasteiger partial charge in [-0.2, -0.15) is 0 Å². The maximum absolute atomic E-state index is 13.4. The van der Waals surface area contributed by atoms with Crippen molar-refractivity contribution in [2.24, 2.45) is 0 Å². The Morgan fingerprint density at radius 3 is 2.22 bits per heavy atom. The number of carboxylic acid groups (broad SMARTS) is 1. The van der Waals surface area contributed by atoms with Crippen molar-refractivity contribution < 1.29 is 28.2 Å². The molecule has 1 aromatic carbocycles. The lowest BCUT2D eigenvalue weighted by molar-refractivity contribution is -0.126. The number of hydrogen-bond donors (Lipinski definition) is 2. The molecule has 0 radical (unpaired) electrons. The van der Waals surface area contributed by atoms with Crippen LogP contribution >= 0.6 is 0 Å².